The summed E-state index contributed by atoms with van der Waals surface area (Å²) in [5.74, 6) is -0.857. The number of fused-ring (bicyclic) bond motifs is 1. The predicted molar refractivity (Wildman–Crippen MR) is 154 cm³/mol. The number of hydrogen-bond donors (Lipinski definition) is 4. The van der Waals surface area contributed by atoms with Crippen LogP contribution >= 0.6 is 0 Å². The third-order valence-electron chi connectivity index (χ3n) is 7.95. The van der Waals surface area contributed by atoms with E-state index in [4.69, 9.17) is 9.47 Å². The summed E-state index contributed by atoms with van der Waals surface area (Å²) in [6.07, 6.45) is -0.711. The molecular weight excluding hydrogens is 520 g/mol. The first kappa shape index (κ1) is 28.8. The van der Waals surface area contributed by atoms with E-state index < -0.39 is 36.3 Å². The Labute approximate surface area is 240 Å². The summed E-state index contributed by atoms with van der Waals surface area (Å²) < 4.78 is 10.8. The van der Waals surface area contributed by atoms with E-state index in [1.807, 2.05) is 84.9 Å². The molecule has 6 atom stereocenters. The van der Waals surface area contributed by atoms with E-state index in [9.17, 15) is 19.8 Å². The highest BCUT2D eigenvalue weighted by molar-refractivity contribution is 5.80. The quantitative estimate of drug-likeness (QED) is 0.286. The number of carbonyl (C=O) groups is 2. The molecule has 4 N–H and O–H groups in total. The Balaban J connectivity index is 1.33. The molecule has 8 nitrogen and oxygen atoms in total. The van der Waals surface area contributed by atoms with Gasteiger partial charge in [-0.15, -0.1) is 0 Å². The van der Waals surface area contributed by atoms with Crippen molar-refractivity contribution in [2.45, 2.75) is 62.5 Å². The van der Waals surface area contributed by atoms with Gasteiger partial charge in [-0.1, -0.05) is 84.9 Å². The van der Waals surface area contributed by atoms with E-state index in [1.165, 1.54) is 0 Å². The fourth-order valence-electron chi connectivity index (χ4n) is 5.75. The average Bonchev–Trinajstić information content (AvgIpc) is 3.60. The van der Waals surface area contributed by atoms with Crippen molar-refractivity contribution >= 4 is 12.0 Å². The summed E-state index contributed by atoms with van der Waals surface area (Å²) >= 11 is 0. The Morgan fingerprint density at radius 1 is 0.927 bits per heavy atom. The number of nitrogens with one attached hydrogen (secondary N) is 2. The molecule has 0 saturated carbocycles. The minimum atomic E-state index is -1.04. The van der Waals surface area contributed by atoms with Crippen LogP contribution in [-0.4, -0.2) is 59.8 Å². The number of ether oxygens (including phenoxy) is 2. The molecule has 1 aliphatic heterocycles. The highest BCUT2D eigenvalue weighted by atomic mass is 16.6. The van der Waals surface area contributed by atoms with Crippen LogP contribution in [0.1, 0.15) is 41.1 Å². The maximum atomic E-state index is 13.8. The SMILES string of the molecule is O=C(N[C@@H](Cc1ccccc1)[C@@H](O)C[C@@H](Cc1ccccc1)C(=O)NC1c2ccccc2C[C@H]1O)O[C@H]1CCOC1. The molecule has 2 aliphatic rings. The van der Waals surface area contributed by atoms with Gasteiger partial charge in [0.1, 0.15) is 6.10 Å². The summed E-state index contributed by atoms with van der Waals surface area (Å²) in [6.45, 7) is 0.902. The molecule has 1 aliphatic carbocycles. The number of aliphatic hydroxyl groups is 2. The van der Waals surface area contributed by atoms with Gasteiger partial charge in [0.2, 0.25) is 5.91 Å². The lowest BCUT2D eigenvalue weighted by Crippen LogP contribution is -2.48. The molecular formula is C33H38N2O6. The van der Waals surface area contributed by atoms with Crippen LogP contribution < -0.4 is 10.6 Å². The number of carbonyl (C=O) groups excluding carboxylic acids is 2. The summed E-state index contributed by atoms with van der Waals surface area (Å²) in [5.41, 5.74) is 3.83. The first-order valence-corrected chi connectivity index (χ1v) is 14.3. The van der Waals surface area contributed by atoms with Gasteiger partial charge in [0.15, 0.2) is 0 Å². The minimum Gasteiger partial charge on any atom is -0.444 e. The van der Waals surface area contributed by atoms with Crippen molar-refractivity contribution in [2.75, 3.05) is 13.2 Å². The molecule has 0 aromatic heterocycles. The van der Waals surface area contributed by atoms with Crippen molar-refractivity contribution in [1.82, 2.24) is 10.6 Å². The zero-order valence-electron chi connectivity index (χ0n) is 23.0. The van der Waals surface area contributed by atoms with Gasteiger partial charge >= 0.3 is 6.09 Å². The second kappa shape index (κ2) is 13.8. The van der Waals surface area contributed by atoms with Crippen LogP contribution in [0.25, 0.3) is 0 Å². The van der Waals surface area contributed by atoms with Gasteiger partial charge in [-0.25, -0.2) is 4.79 Å². The van der Waals surface area contributed by atoms with Crippen molar-refractivity contribution in [3.05, 3.63) is 107 Å². The molecule has 2 amide bonds. The third kappa shape index (κ3) is 7.73. The van der Waals surface area contributed by atoms with Gasteiger partial charge in [0.25, 0.3) is 0 Å². The molecule has 5 rings (SSSR count). The summed E-state index contributed by atoms with van der Waals surface area (Å²) in [6, 6.07) is 25.8. The molecule has 8 heteroatoms. The minimum absolute atomic E-state index is 0.107. The van der Waals surface area contributed by atoms with Crippen molar-refractivity contribution in [1.29, 1.82) is 0 Å². The maximum absolute atomic E-state index is 13.8. The number of amides is 2. The van der Waals surface area contributed by atoms with Gasteiger partial charge in [0, 0.05) is 18.8 Å². The van der Waals surface area contributed by atoms with Gasteiger partial charge in [-0.2, -0.15) is 0 Å². The Kier molecular flexibility index (Phi) is 9.67. The maximum Gasteiger partial charge on any atom is 0.407 e. The lowest BCUT2D eigenvalue weighted by molar-refractivity contribution is -0.127. The van der Waals surface area contributed by atoms with Crippen molar-refractivity contribution in [3.63, 3.8) is 0 Å². The highest BCUT2D eigenvalue weighted by Gasteiger charge is 2.35. The van der Waals surface area contributed by atoms with Gasteiger partial charge < -0.3 is 30.3 Å². The van der Waals surface area contributed by atoms with Crippen LogP contribution in [0.4, 0.5) is 4.79 Å². The van der Waals surface area contributed by atoms with Crippen LogP contribution in [0.15, 0.2) is 84.9 Å². The fourth-order valence-corrected chi connectivity index (χ4v) is 5.75. The molecule has 41 heavy (non-hydrogen) atoms. The standard InChI is InChI=1S/C33H38N2O6/c36-29(28(18-23-11-5-2-6-12-23)34-33(39)41-26-15-16-40-21-26)20-25(17-22-9-3-1-4-10-22)32(38)35-31-27-14-8-7-13-24(27)19-30(31)37/h1-14,25-26,28-31,36-37H,15-21H2,(H,34,39)(H,35,38)/t25-,26+,28+,29+,30-,31?/m1/s1. The molecule has 216 valence electrons. The Morgan fingerprint density at radius 3 is 2.27 bits per heavy atom. The van der Waals surface area contributed by atoms with Crippen LogP contribution in [0.3, 0.4) is 0 Å². The molecule has 0 bridgehead atoms. The second-order valence-electron chi connectivity index (χ2n) is 11.0. The molecule has 1 unspecified atom stereocenters. The Bertz CT molecular complexity index is 1280. The topological polar surface area (TPSA) is 117 Å². The molecule has 1 saturated heterocycles. The van der Waals surface area contributed by atoms with Crippen LogP contribution in [0, 0.1) is 5.92 Å². The smallest absolute Gasteiger partial charge is 0.407 e. The van der Waals surface area contributed by atoms with Gasteiger partial charge in [-0.05, 0) is 41.5 Å². The van der Waals surface area contributed by atoms with Gasteiger partial charge in [0.05, 0.1) is 37.5 Å². The summed E-state index contributed by atoms with van der Waals surface area (Å²) in [5, 5.41) is 28.2. The van der Waals surface area contributed by atoms with E-state index in [2.05, 4.69) is 10.6 Å². The van der Waals surface area contributed by atoms with Crippen molar-refractivity contribution in [2.24, 2.45) is 5.92 Å². The number of rotatable bonds is 11. The first-order valence-electron chi connectivity index (χ1n) is 14.3. The summed E-state index contributed by atoms with van der Waals surface area (Å²) in [7, 11) is 0. The van der Waals surface area contributed by atoms with Crippen LogP contribution in [0.5, 0.6) is 0 Å². The number of aliphatic hydroxyl groups excluding tert-OH is 2. The van der Waals surface area contributed by atoms with Crippen LogP contribution in [0.2, 0.25) is 0 Å². The molecule has 3 aromatic rings. The zero-order valence-corrected chi connectivity index (χ0v) is 23.0. The van der Waals surface area contributed by atoms with Crippen molar-refractivity contribution < 1.29 is 29.3 Å². The number of alkyl carbamates (subject to hydrolysis) is 1. The van der Waals surface area contributed by atoms with E-state index >= 15 is 0 Å². The zero-order chi connectivity index (χ0) is 28.6. The normalized spacial score (nSPS) is 21.9. The molecule has 0 radical (unpaired) electrons. The Hall–Kier alpha value is -3.72. The molecule has 1 heterocycles. The van der Waals surface area contributed by atoms with Crippen molar-refractivity contribution in [3.8, 4) is 0 Å². The fraction of sp³-hybridized carbons (Fsp3) is 0.394. The van der Waals surface area contributed by atoms with E-state index in [-0.39, 0.29) is 18.4 Å². The largest absolute Gasteiger partial charge is 0.444 e. The van der Waals surface area contributed by atoms with E-state index in [1.54, 1.807) is 0 Å². The third-order valence-corrected chi connectivity index (χ3v) is 7.95. The van der Waals surface area contributed by atoms with Crippen LogP contribution in [-0.2, 0) is 33.5 Å². The summed E-state index contributed by atoms with van der Waals surface area (Å²) in [4.78, 5) is 26.6. The highest BCUT2D eigenvalue weighted by Crippen LogP contribution is 2.32. The second-order valence-corrected chi connectivity index (χ2v) is 11.0. The molecule has 0 spiro atoms. The molecule has 1 fully saturated rings. The number of hydrogen-bond acceptors (Lipinski definition) is 6. The predicted octanol–water partition coefficient (Wildman–Crippen LogP) is 3.50. The number of benzene rings is 3. The van der Waals surface area contributed by atoms with Gasteiger partial charge in [-0.3, -0.25) is 4.79 Å². The first-order chi connectivity index (χ1) is 20.0. The Morgan fingerprint density at radius 2 is 1.59 bits per heavy atom. The lowest BCUT2D eigenvalue weighted by atomic mass is 9.88. The monoisotopic (exact) mass is 558 g/mol. The lowest BCUT2D eigenvalue weighted by Gasteiger charge is -2.29. The van der Waals surface area contributed by atoms with E-state index in [0.717, 1.165) is 22.3 Å². The molecule has 3 aromatic carbocycles. The van der Waals surface area contributed by atoms with E-state index in [0.29, 0.717) is 38.9 Å². The average molecular weight is 559 g/mol.